The van der Waals surface area contributed by atoms with Gasteiger partial charge in [-0.1, -0.05) is 89.1 Å². The maximum absolute atomic E-state index is 11.7. The molecule has 0 aliphatic carbocycles. The van der Waals surface area contributed by atoms with Crippen LogP contribution >= 0.6 is 0 Å². The molecular formula is C20H32N2O. The fourth-order valence-electron chi connectivity index (χ4n) is 2.54. The summed E-state index contributed by atoms with van der Waals surface area (Å²) in [7, 11) is 0. The van der Waals surface area contributed by atoms with Gasteiger partial charge in [0.05, 0.1) is 0 Å². The summed E-state index contributed by atoms with van der Waals surface area (Å²) >= 11 is 0. The maximum Gasteiger partial charge on any atom is 0.240 e. The van der Waals surface area contributed by atoms with Crippen LogP contribution in [0.2, 0.25) is 0 Å². The van der Waals surface area contributed by atoms with Crippen molar-refractivity contribution in [1.29, 1.82) is 0 Å². The molecule has 128 valence electrons. The smallest absolute Gasteiger partial charge is 0.240 e. The van der Waals surface area contributed by atoms with Gasteiger partial charge in [0, 0.05) is 18.6 Å². The number of benzene rings is 1. The van der Waals surface area contributed by atoms with E-state index in [1.165, 1.54) is 44.1 Å². The first-order valence-corrected chi connectivity index (χ1v) is 9.11. The molecule has 0 spiro atoms. The lowest BCUT2D eigenvalue weighted by molar-refractivity contribution is -0.121. The summed E-state index contributed by atoms with van der Waals surface area (Å²) in [6.45, 7) is 4.31. The Labute approximate surface area is 141 Å². The van der Waals surface area contributed by atoms with Gasteiger partial charge in [-0.05, 0) is 12.0 Å². The Kier molecular flexibility index (Phi) is 10.9. The molecule has 1 aromatic carbocycles. The Morgan fingerprint density at radius 3 is 2.30 bits per heavy atom. The highest BCUT2D eigenvalue weighted by atomic mass is 16.2. The summed E-state index contributed by atoms with van der Waals surface area (Å²) in [4.78, 5) is 11.7. The highest BCUT2D eigenvalue weighted by Gasteiger charge is 2.02. The molecule has 0 fully saturated rings. The average molecular weight is 316 g/mol. The lowest BCUT2D eigenvalue weighted by atomic mass is 10.0. The van der Waals surface area contributed by atoms with Crippen LogP contribution in [-0.4, -0.2) is 12.1 Å². The van der Waals surface area contributed by atoms with E-state index in [9.17, 15) is 4.79 Å². The molecule has 3 heteroatoms. The van der Waals surface area contributed by atoms with E-state index in [-0.39, 0.29) is 11.8 Å². The number of hydrogen-bond donors (Lipinski definition) is 1. The number of hydrazone groups is 1. The topological polar surface area (TPSA) is 41.5 Å². The van der Waals surface area contributed by atoms with Gasteiger partial charge >= 0.3 is 0 Å². The van der Waals surface area contributed by atoms with Crippen LogP contribution in [0, 0.1) is 0 Å². The van der Waals surface area contributed by atoms with Crippen molar-refractivity contribution in [3.63, 3.8) is 0 Å². The van der Waals surface area contributed by atoms with E-state index in [1.54, 1.807) is 6.21 Å². The number of amides is 1. The normalized spacial score (nSPS) is 12.4. The van der Waals surface area contributed by atoms with Crippen LogP contribution in [0.4, 0.5) is 0 Å². The zero-order chi connectivity index (χ0) is 16.8. The monoisotopic (exact) mass is 316 g/mol. The number of carbonyl (C=O) groups excluding carboxylic acids is 1. The molecule has 23 heavy (non-hydrogen) atoms. The zero-order valence-corrected chi connectivity index (χ0v) is 14.8. The first kappa shape index (κ1) is 19.4. The summed E-state index contributed by atoms with van der Waals surface area (Å²) in [6, 6.07) is 10.2. The summed E-state index contributed by atoms with van der Waals surface area (Å²) < 4.78 is 0. The minimum Gasteiger partial charge on any atom is -0.273 e. The van der Waals surface area contributed by atoms with Gasteiger partial charge in [-0.15, -0.1) is 0 Å². The fourth-order valence-corrected chi connectivity index (χ4v) is 2.54. The van der Waals surface area contributed by atoms with Crippen molar-refractivity contribution in [2.45, 2.75) is 77.6 Å². The number of nitrogens with zero attached hydrogens (tertiary/aromatic N) is 1. The Morgan fingerprint density at radius 1 is 1.04 bits per heavy atom. The molecule has 1 N–H and O–H groups in total. The van der Waals surface area contributed by atoms with Crippen LogP contribution in [0.1, 0.15) is 83.1 Å². The van der Waals surface area contributed by atoms with Gasteiger partial charge in [0.15, 0.2) is 0 Å². The Bertz CT molecular complexity index is 442. The summed E-state index contributed by atoms with van der Waals surface area (Å²) in [5.74, 6) is 0.229. The summed E-state index contributed by atoms with van der Waals surface area (Å²) in [5, 5.41) is 4.07. The zero-order valence-electron chi connectivity index (χ0n) is 14.8. The van der Waals surface area contributed by atoms with Crippen LogP contribution in [-0.2, 0) is 4.79 Å². The van der Waals surface area contributed by atoms with Crippen LogP contribution in [0.5, 0.6) is 0 Å². The third-order valence-electron chi connectivity index (χ3n) is 4.07. The minimum absolute atomic E-state index is 0.0208. The molecule has 0 heterocycles. The van der Waals surface area contributed by atoms with E-state index >= 15 is 0 Å². The highest BCUT2D eigenvalue weighted by molar-refractivity contribution is 5.77. The van der Waals surface area contributed by atoms with Crippen molar-refractivity contribution >= 4 is 12.1 Å². The van der Waals surface area contributed by atoms with Gasteiger partial charge in [0.25, 0.3) is 0 Å². The van der Waals surface area contributed by atoms with Crippen LogP contribution in [0.3, 0.4) is 0 Å². The number of unbranched alkanes of at least 4 members (excludes halogenated alkanes) is 7. The molecule has 0 saturated carbocycles. The molecule has 1 aromatic rings. The van der Waals surface area contributed by atoms with Crippen LogP contribution in [0.25, 0.3) is 0 Å². The van der Waals surface area contributed by atoms with Crippen molar-refractivity contribution in [3.05, 3.63) is 35.9 Å². The minimum atomic E-state index is 0.0208. The quantitative estimate of drug-likeness (QED) is 0.312. The molecule has 0 radical (unpaired) electrons. The highest BCUT2D eigenvalue weighted by Crippen LogP contribution is 2.11. The molecule has 0 bridgehead atoms. The number of carbonyl (C=O) groups is 1. The molecule has 1 atom stereocenters. The molecule has 1 rings (SSSR count). The Balaban J connectivity index is 2.05. The Hall–Kier alpha value is -1.64. The lowest BCUT2D eigenvalue weighted by Crippen LogP contribution is -2.17. The molecule has 0 aliphatic rings. The molecule has 0 aromatic heterocycles. The van der Waals surface area contributed by atoms with Gasteiger partial charge in [-0.2, -0.15) is 5.10 Å². The van der Waals surface area contributed by atoms with Gasteiger partial charge in [0.1, 0.15) is 0 Å². The maximum atomic E-state index is 11.7. The molecular weight excluding hydrogens is 284 g/mol. The van der Waals surface area contributed by atoms with E-state index in [4.69, 9.17) is 0 Å². The van der Waals surface area contributed by atoms with Crippen molar-refractivity contribution in [1.82, 2.24) is 5.43 Å². The third kappa shape index (κ3) is 9.88. The molecule has 1 amide bonds. The second-order valence-corrected chi connectivity index (χ2v) is 6.24. The van der Waals surface area contributed by atoms with E-state index < -0.39 is 0 Å². The lowest BCUT2D eigenvalue weighted by Gasteiger charge is -2.05. The second-order valence-electron chi connectivity index (χ2n) is 6.24. The van der Waals surface area contributed by atoms with Gasteiger partial charge in [-0.25, -0.2) is 5.43 Å². The SMILES string of the molecule is CCCCCCCCCCC(=O)NN=CC(C)c1ccccc1. The first-order valence-electron chi connectivity index (χ1n) is 9.11. The molecule has 0 aliphatic heterocycles. The number of hydrogen-bond acceptors (Lipinski definition) is 2. The van der Waals surface area contributed by atoms with Crippen molar-refractivity contribution < 1.29 is 4.79 Å². The third-order valence-corrected chi connectivity index (χ3v) is 4.07. The molecule has 0 saturated heterocycles. The molecule has 3 nitrogen and oxygen atoms in total. The molecule has 1 unspecified atom stereocenters. The predicted octanol–water partition coefficient (Wildman–Crippen LogP) is 5.42. The first-order chi connectivity index (χ1) is 11.2. The summed E-state index contributed by atoms with van der Waals surface area (Å²) in [5.41, 5.74) is 3.84. The fraction of sp³-hybridized carbons (Fsp3) is 0.600. The standard InChI is InChI=1S/C20H32N2O/c1-3-4-5-6-7-8-9-13-16-20(23)22-21-17-18(2)19-14-11-10-12-15-19/h10-12,14-15,17-18H,3-9,13,16H2,1-2H3,(H,22,23). The largest absolute Gasteiger partial charge is 0.273 e. The van der Waals surface area contributed by atoms with E-state index in [0.29, 0.717) is 6.42 Å². The van der Waals surface area contributed by atoms with Crippen LogP contribution < -0.4 is 5.43 Å². The Morgan fingerprint density at radius 2 is 1.65 bits per heavy atom. The van der Waals surface area contributed by atoms with E-state index in [1.807, 2.05) is 18.2 Å². The predicted molar refractivity (Wildman–Crippen MR) is 98.7 cm³/mol. The van der Waals surface area contributed by atoms with Crippen molar-refractivity contribution in [2.75, 3.05) is 0 Å². The van der Waals surface area contributed by atoms with Gasteiger partial charge in [0.2, 0.25) is 5.91 Å². The van der Waals surface area contributed by atoms with E-state index in [2.05, 4.69) is 36.5 Å². The van der Waals surface area contributed by atoms with Crippen LogP contribution in [0.15, 0.2) is 35.4 Å². The van der Waals surface area contributed by atoms with Gasteiger partial charge in [-0.3, -0.25) is 4.79 Å². The number of rotatable bonds is 12. The van der Waals surface area contributed by atoms with E-state index in [0.717, 1.165) is 12.8 Å². The second kappa shape index (κ2) is 12.9. The van der Waals surface area contributed by atoms with Crippen molar-refractivity contribution in [3.8, 4) is 0 Å². The van der Waals surface area contributed by atoms with Crippen molar-refractivity contribution in [2.24, 2.45) is 5.10 Å². The average Bonchev–Trinajstić information content (AvgIpc) is 2.58. The van der Waals surface area contributed by atoms with Gasteiger partial charge < -0.3 is 0 Å². The summed E-state index contributed by atoms with van der Waals surface area (Å²) in [6.07, 6.45) is 12.3. The number of nitrogens with one attached hydrogen (secondary N) is 1.